The highest BCUT2D eigenvalue weighted by Crippen LogP contribution is 2.12. The zero-order chi connectivity index (χ0) is 50.6. The highest BCUT2D eigenvalue weighted by atomic mass is 16.6. The van der Waals surface area contributed by atoms with Gasteiger partial charge < -0.3 is 14.2 Å². The van der Waals surface area contributed by atoms with Gasteiger partial charge in [-0.1, -0.05) is 224 Å². The number of esters is 2. The minimum absolute atomic E-state index is 0.0153. The molecule has 1 atom stereocenters. The van der Waals surface area contributed by atoms with Gasteiger partial charge in [0.2, 0.25) is 0 Å². The lowest BCUT2D eigenvalue weighted by Gasteiger charge is -2.18. The van der Waals surface area contributed by atoms with E-state index in [9.17, 15) is 9.59 Å². The number of carbonyl (C=O) groups excluding carboxylic acids is 2. The van der Waals surface area contributed by atoms with Gasteiger partial charge in [0.25, 0.3) is 0 Å². The van der Waals surface area contributed by atoms with Crippen LogP contribution in [0.4, 0.5) is 0 Å². The van der Waals surface area contributed by atoms with Crippen molar-refractivity contribution in [1.29, 1.82) is 0 Å². The Labute approximate surface area is 431 Å². The molecule has 0 heterocycles. The van der Waals surface area contributed by atoms with Gasteiger partial charge in [0.05, 0.1) is 6.61 Å². The maximum absolute atomic E-state index is 12.9. The van der Waals surface area contributed by atoms with E-state index in [1.165, 1.54) is 44.9 Å². The van der Waals surface area contributed by atoms with E-state index < -0.39 is 6.10 Å². The van der Waals surface area contributed by atoms with Crippen molar-refractivity contribution in [2.24, 2.45) is 0 Å². The van der Waals surface area contributed by atoms with E-state index in [-0.39, 0.29) is 31.6 Å². The Morgan fingerprint density at radius 2 is 0.671 bits per heavy atom. The molecule has 5 heteroatoms. The molecule has 5 nitrogen and oxygen atoms in total. The van der Waals surface area contributed by atoms with Crippen molar-refractivity contribution in [3.05, 3.63) is 158 Å². The molecule has 0 N–H and O–H groups in total. The van der Waals surface area contributed by atoms with Gasteiger partial charge >= 0.3 is 11.9 Å². The third-order valence-electron chi connectivity index (χ3n) is 11.0. The Bertz CT molecular complexity index is 1560. The van der Waals surface area contributed by atoms with Crippen LogP contribution in [0.2, 0.25) is 0 Å². The molecule has 0 saturated heterocycles. The van der Waals surface area contributed by atoms with Crippen LogP contribution in [0, 0.1) is 0 Å². The number of hydrogen-bond acceptors (Lipinski definition) is 5. The van der Waals surface area contributed by atoms with Gasteiger partial charge in [-0.05, 0) is 135 Å². The fraction of sp³-hybridized carbons (Fsp3) is 0.569. The van der Waals surface area contributed by atoms with Crippen molar-refractivity contribution >= 4 is 11.9 Å². The Balaban J connectivity index is 4.51. The standard InChI is InChI=1S/C65H102O5/c1-4-7-10-13-16-19-22-25-28-31-33-35-37-40-43-46-49-52-55-58-64(66)69-62-63(61-68-60-57-54-51-48-45-42-39-30-27-24-21-18-15-12-9-6-3)70-65(67)59-56-53-50-47-44-41-38-36-34-32-29-26-23-20-17-14-11-8-5-2/h7,9-10,12,16-21,25-30,33-36,40,42-43,45,49,52,63H,4-6,8,11,13-15,22-24,31-32,37-39,41,44,46-48,50-51,53-62H2,1-3H3/b10-7-,12-9-,19-16-,20-17-,21-18-,28-25-,29-26-,30-27-,35-33-,36-34-,43-40-,45-42-,52-49-. The first-order valence-electron chi connectivity index (χ1n) is 28.0. The highest BCUT2D eigenvalue weighted by Gasteiger charge is 2.17. The first kappa shape index (κ1) is 65.5. The number of carbonyl (C=O) groups is 2. The number of ether oxygens (including phenoxy) is 3. The van der Waals surface area contributed by atoms with E-state index in [0.717, 1.165) is 128 Å². The van der Waals surface area contributed by atoms with E-state index in [4.69, 9.17) is 14.2 Å². The summed E-state index contributed by atoms with van der Waals surface area (Å²) in [5, 5.41) is 0. The van der Waals surface area contributed by atoms with E-state index in [0.29, 0.717) is 19.4 Å². The van der Waals surface area contributed by atoms with Crippen molar-refractivity contribution in [3.8, 4) is 0 Å². The molecule has 0 aliphatic rings. The third-order valence-corrected chi connectivity index (χ3v) is 11.0. The molecule has 1 unspecified atom stereocenters. The Hall–Kier alpha value is -4.48. The summed E-state index contributed by atoms with van der Waals surface area (Å²) in [6, 6.07) is 0. The first-order valence-corrected chi connectivity index (χ1v) is 28.0. The summed E-state index contributed by atoms with van der Waals surface area (Å²) in [4.78, 5) is 25.5. The van der Waals surface area contributed by atoms with E-state index in [2.05, 4.69) is 173 Å². The Morgan fingerprint density at radius 1 is 0.329 bits per heavy atom. The van der Waals surface area contributed by atoms with Crippen molar-refractivity contribution in [1.82, 2.24) is 0 Å². The summed E-state index contributed by atoms with van der Waals surface area (Å²) in [5.41, 5.74) is 0. The summed E-state index contributed by atoms with van der Waals surface area (Å²) in [6.45, 7) is 7.38. The van der Waals surface area contributed by atoms with E-state index in [1.54, 1.807) is 0 Å². The molecule has 70 heavy (non-hydrogen) atoms. The normalized spacial score (nSPS) is 13.5. The molecule has 0 saturated carbocycles. The molecule has 0 aliphatic carbocycles. The van der Waals surface area contributed by atoms with Crippen molar-refractivity contribution in [2.45, 2.75) is 219 Å². The van der Waals surface area contributed by atoms with Crippen molar-refractivity contribution in [3.63, 3.8) is 0 Å². The summed E-state index contributed by atoms with van der Waals surface area (Å²) in [6.07, 6.45) is 87.0. The van der Waals surface area contributed by atoms with E-state index >= 15 is 0 Å². The number of allylic oxidation sites excluding steroid dienone is 26. The maximum atomic E-state index is 12.9. The van der Waals surface area contributed by atoms with Gasteiger partial charge in [0.1, 0.15) is 6.61 Å². The number of hydrogen-bond donors (Lipinski definition) is 0. The van der Waals surface area contributed by atoms with Crippen LogP contribution in [0.15, 0.2) is 158 Å². The first-order chi connectivity index (χ1) is 34.6. The molecular formula is C65H102O5. The molecule has 0 aromatic rings. The van der Waals surface area contributed by atoms with Gasteiger partial charge in [0.15, 0.2) is 6.10 Å². The lowest BCUT2D eigenvalue weighted by Crippen LogP contribution is -2.30. The van der Waals surface area contributed by atoms with Gasteiger partial charge in [-0.2, -0.15) is 0 Å². The largest absolute Gasteiger partial charge is 0.462 e. The SMILES string of the molecule is CC/C=C\C/C=C\C/C=C\C/C=C\C/C=C\C/C=C\CCC(=O)OCC(COCCCCC/C=C\C/C=C\C/C=C\C/C=C\CC)OC(=O)CCCCCCCC/C=C\C/C=C\C/C=C\CCCCC. The quantitative estimate of drug-likeness (QED) is 0.0345. The fourth-order valence-electron chi connectivity index (χ4n) is 6.94. The second kappa shape index (κ2) is 58.8. The Kier molecular flexibility index (Phi) is 55.1. The lowest BCUT2D eigenvalue weighted by molar-refractivity contribution is -0.162. The van der Waals surface area contributed by atoms with Crippen LogP contribution < -0.4 is 0 Å². The van der Waals surface area contributed by atoms with Crippen LogP contribution >= 0.6 is 0 Å². The third kappa shape index (κ3) is 56.1. The topological polar surface area (TPSA) is 61.8 Å². The summed E-state index contributed by atoms with van der Waals surface area (Å²) < 4.78 is 17.3. The lowest BCUT2D eigenvalue weighted by atomic mass is 10.1. The predicted octanol–water partition coefficient (Wildman–Crippen LogP) is 19.5. The summed E-state index contributed by atoms with van der Waals surface area (Å²) in [7, 11) is 0. The molecule has 0 spiro atoms. The Morgan fingerprint density at radius 3 is 1.09 bits per heavy atom. The second-order valence-corrected chi connectivity index (χ2v) is 17.7. The minimum Gasteiger partial charge on any atom is -0.462 e. The predicted molar refractivity (Wildman–Crippen MR) is 306 cm³/mol. The average molecular weight is 964 g/mol. The molecule has 0 aromatic carbocycles. The fourth-order valence-corrected chi connectivity index (χ4v) is 6.94. The summed E-state index contributed by atoms with van der Waals surface area (Å²) >= 11 is 0. The number of rotatable bonds is 49. The molecule has 0 amide bonds. The van der Waals surface area contributed by atoms with Crippen LogP contribution in [0.1, 0.15) is 213 Å². The molecule has 0 fully saturated rings. The molecule has 0 bridgehead atoms. The van der Waals surface area contributed by atoms with Crippen LogP contribution in [0.5, 0.6) is 0 Å². The minimum atomic E-state index is -0.604. The van der Waals surface area contributed by atoms with Crippen LogP contribution in [0.3, 0.4) is 0 Å². The molecule has 0 aliphatic heterocycles. The van der Waals surface area contributed by atoms with Gasteiger partial charge in [-0.3, -0.25) is 9.59 Å². The monoisotopic (exact) mass is 963 g/mol. The van der Waals surface area contributed by atoms with E-state index in [1.807, 2.05) is 6.08 Å². The molecule has 0 rings (SSSR count). The maximum Gasteiger partial charge on any atom is 0.306 e. The second-order valence-electron chi connectivity index (χ2n) is 17.7. The van der Waals surface area contributed by atoms with Crippen LogP contribution in [-0.4, -0.2) is 37.9 Å². The molecule has 392 valence electrons. The van der Waals surface area contributed by atoms with Crippen molar-refractivity contribution in [2.75, 3.05) is 19.8 Å². The average Bonchev–Trinajstić information content (AvgIpc) is 3.36. The highest BCUT2D eigenvalue weighted by molar-refractivity contribution is 5.70. The van der Waals surface area contributed by atoms with Crippen LogP contribution in [-0.2, 0) is 23.8 Å². The van der Waals surface area contributed by atoms with Gasteiger partial charge in [0, 0.05) is 19.4 Å². The molecule has 0 aromatic heterocycles. The number of unbranched alkanes of at least 4 members (excludes halogenated alkanes) is 12. The molecule has 0 radical (unpaired) electrons. The van der Waals surface area contributed by atoms with Gasteiger partial charge in [-0.15, -0.1) is 0 Å². The smallest absolute Gasteiger partial charge is 0.306 e. The van der Waals surface area contributed by atoms with Crippen molar-refractivity contribution < 1.29 is 23.8 Å². The van der Waals surface area contributed by atoms with Crippen LogP contribution in [0.25, 0.3) is 0 Å². The molecular weight excluding hydrogens is 861 g/mol. The van der Waals surface area contributed by atoms with Gasteiger partial charge in [-0.25, -0.2) is 0 Å². The zero-order valence-electron chi connectivity index (χ0n) is 45.0. The zero-order valence-corrected chi connectivity index (χ0v) is 45.0. The summed E-state index contributed by atoms with van der Waals surface area (Å²) in [5.74, 6) is -0.539.